The number of rotatable bonds is 14. The molecule has 0 spiro atoms. The maximum Gasteiger partial charge on any atom is 0.258 e. The van der Waals surface area contributed by atoms with E-state index in [2.05, 4.69) is 10.6 Å². The average molecular weight is 549 g/mol. The van der Waals surface area contributed by atoms with Gasteiger partial charge in [0.15, 0.2) is 29.1 Å². The zero-order chi connectivity index (χ0) is 27.7. The molecule has 0 radical (unpaired) electrons. The molecule has 2 rings (SSSR count). The average Bonchev–Trinajstić information content (AvgIpc) is 3.36. The molecular weight excluding hydrogens is 519 g/mol. The minimum absolute atomic E-state index is 0.0189. The van der Waals surface area contributed by atoms with E-state index in [1.54, 1.807) is 26.0 Å². The Bertz CT molecular complexity index is 1070. The number of furan rings is 1. The summed E-state index contributed by atoms with van der Waals surface area (Å²) in [6, 6.07) is 1.20. The van der Waals surface area contributed by atoms with Crippen LogP contribution in [0.5, 0.6) is 0 Å². The van der Waals surface area contributed by atoms with Gasteiger partial charge in [-0.1, -0.05) is 33.6 Å². The van der Waals surface area contributed by atoms with Crippen molar-refractivity contribution in [3.05, 3.63) is 58.8 Å². The van der Waals surface area contributed by atoms with E-state index in [0.29, 0.717) is 24.4 Å². The lowest BCUT2D eigenvalue weighted by molar-refractivity contribution is -0.128. The summed E-state index contributed by atoms with van der Waals surface area (Å²) in [5.41, 5.74) is -1.69. The predicted octanol–water partition coefficient (Wildman–Crippen LogP) is 5.30. The van der Waals surface area contributed by atoms with Crippen LogP contribution in [0.1, 0.15) is 62.6 Å². The number of halogens is 5. The third-order valence-corrected chi connectivity index (χ3v) is 6.36. The number of amides is 2. The van der Waals surface area contributed by atoms with Gasteiger partial charge in [-0.3, -0.25) is 14.4 Å². The maximum atomic E-state index is 14.1. The van der Waals surface area contributed by atoms with Gasteiger partial charge >= 0.3 is 0 Å². The smallest absolute Gasteiger partial charge is 0.258 e. The molecule has 2 aromatic rings. The summed E-state index contributed by atoms with van der Waals surface area (Å²) < 4.78 is 73.9. The molecule has 0 aliphatic heterocycles. The number of hydrogen-bond donors (Lipinski definition) is 2. The van der Waals surface area contributed by atoms with E-state index in [4.69, 9.17) is 4.42 Å². The number of Topliss-reactive ketones (excluding diaryl/α,β-unsaturated/α-hetero) is 1. The normalized spacial score (nSPS) is 12.9. The lowest BCUT2D eigenvalue weighted by Crippen LogP contribution is -2.52. The van der Waals surface area contributed by atoms with Gasteiger partial charge in [0.2, 0.25) is 11.7 Å². The second-order valence-corrected chi connectivity index (χ2v) is 9.83. The molecule has 2 amide bonds. The van der Waals surface area contributed by atoms with Crippen molar-refractivity contribution in [2.75, 3.05) is 5.75 Å². The molecule has 12 heteroatoms. The van der Waals surface area contributed by atoms with E-state index in [0.717, 1.165) is 6.42 Å². The Labute approximate surface area is 215 Å². The highest BCUT2D eigenvalue weighted by molar-refractivity contribution is 7.99. The van der Waals surface area contributed by atoms with Gasteiger partial charge in [0, 0.05) is 0 Å². The second-order valence-electron chi connectivity index (χ2n) is 8.84. The number of hydrogen-bond acceptors (Lipinski definition) is 5. The molecule has 0 saturated carbocycles. The van der Waals surface area contributed by atoms with Crippen LogP contribution in [0.25, 0.3) is 0 Å². The first-order chi connectivity index (χ1) is 17.5. The first kappa shape index (κ1) is 30.3. The van der Waals surface area contributed by atoms with Crippen LogP contribution in [0.2, 0.25) is 0 Å². The molecule has 2 N–H and O–H groups in total. The minimum atomic E-state index is -2.40. The molecule has 0 saturated heterocycles. The molecule has 204 valence electrons. The molecule has 1 aromatic heterocycles. The largest absolute Gasteiger partial charge is 0.468 e. The van der Waals surface area contributed by atoms with Crippen LogP contribution in [0.15, 0.2) is 22.8 Å². The third kappa shape index (κ3) is 8.31. The Balaban J connectivity index is 2.17. The SMILES string of the molecule is CCCCC(NC(=O)C(CC(C)C)NC(=O)c1c(F)c(F)c(F)c(F)c1F)C(=O)CSCc1ccco1. The van der Waals surface area contributed by atoms with Crippen LogP contribution in [-0.2, 0) is 15.3 Å². The molecule has 1 heterocycles. The van der Waals surface area contributed by atoms with Gasteiger partial charge in [0.1, 0.15) is 17.4 Å². The highest BCUT2D eigenvalue weighted by Gasteiger charge is 2.33. The molecule has 2 unspecified atom stereocenters. The van der Waals surface area contributed by atoms with Crippen molar-refractivity contribution in [3.63, 3.8) is 0 Å². The van der Waals surface area contributed by atoms with Crippen molar-refractivity contribution in [2.45, 2.75) is 64.3 Å². The van der Waals surface area contributed by atoms with Gasteiger partial charge in [-0.2, -0.15) is 0 Å². The van der Waals surface area contributed by atoms with E-state index >= 15 is 0 Å². The predicted molar refractivity (Wildman–Crippen MR) is 128 cm³/mol. The maximum absolute atomic E-state index is 14.1. The van der Waals surface area contributed by atoms with Crippen LogP contribution < -0.4 is 10.6 Å². The summed E-state index contributed by atoms with van der Waals surface area (Å²) in [7, 11) is 0. The minimum Gasteiger partial charge on any atom is -0.468 e. The van der Waals surface area contributed by atoms with Crippen LogP contribution >= 0.6 is 11.8 Å². The van der Waals surface area contributed by atoms with Crippen molar-refractivity contribution < 1.29 is 40.8 Å². The van der Waals surface area contributed by atoms with E-state index in [-0.39, 0.29) is 23.9 Å². The molecule has 0 fully saturated rings. The Morgan fingerprint density at radius 2 is 1.57 bits per heavy atom. The van der Waals surface area contributed by atoms with Gasteiger partial charge < -0.3 is 15.1 Å². The zero-order valence-corrected chi connectivity index (χ0v) is 21.5. The molecule has 0 aliphatic carbocycles. The van der Waals surface area contributed by atoms with Crippen molar-refractivity contribution in [1.29, 1.82) is 0 Å². The Hall–Kier alpha value is -2.89. The number of carbonyl (C=O) groups excluding carboxylic acids is 3. The van der Waals surface area contributed by atoms with Gasteiger partial charge in [-0.05, 0) is 30.9 Å². The monoisotopic (exact) mass is 548 g/mol. The zero-order valence-electron chi connectivity index (χ0n) is 20.6. The number of unbranched alkanes of at least 4 members (excludes halogenated alkanes) is 1. The fourth-order valence-corrected chi connectivity index (χ4v) is 4.35. The Kier molecular flexibility index (Phi) is 11.6. The summed E-state index contributed by atoms with van der Waals surface area (Å²) in [6.07, 6.45) is 3.17. The first-order valence-electron chi connectivity index (χ1n) is 11.7. The van der Waals surface area contributed by atoms with Crippen molar-refractivity contribution in [3.8, 4) is 0 Å². The highest BCUT2D eigenvalue weighted by Crippen LogP contribution is 2.23. The summed E-state index contributed by atoms with van der Waals surface area (Å²) in [6.45, 7) is 5.31. The number of ketones is 1. The number of nitrogens with one attached hydrogen (secondary N) is 2. The standard InChI is InChI=1S/C25H29F5N2O4S/c1-4-5-8-15(17(33)12-37-11-14-7-6-9-36-14)31-24(34)16(10-13(2)3)32-25(35)18-19(26)21(28)23(30)22(29)20(18)27/h6-7,9,13,15-16H,4-5,8,10-12H2,1-3H3,(H,31,34)(H,32,35). The molecule has 37 heavy (non-hydrogen) atoms. The summed E-state index contributed by atoms with van der Waals surface area (Å²) in [5, 5.41) is 4.65. The summed E-state index contributed by atoms with van der Waals surface area (Å²) in [5.74, 6) is -13.3. The van der Waals surface area contributed by atoms with Gasteiger partial charge in [-0.15, -0.1) is 11.8 Å². The quantitative estimate of drug-likeness (QED) is 0.190. The van der Waals surface area contributed by atoms with Crippen LogP contribution in [0, 0.1) is 35.0 Å². The number of benzene rings is 1. The fraction of sp³-hybridized carbons (Fsp3) is 0.480. The topological polar surface area (TPSA) is 88.4 Å². The molecular formula is C25H29F5N2O4S. The Morgan fingerprint density at radius 3 is 2.11 bits per heavy atom. The van der Waals surface area contributed by atoms with E-state index in [1.807, 2.05) is 6.92 Å². The molecule has 0 aliphatic rings. The van der Waals surface area contributed by atoms with Crippen molar-refractivity contribution >= 4 is 29.4 Å². The highest BCUT2D eigenvalue weighted by atomic mass is 32.2. The second kappa shape index (κ2) is 14.2. The number of carbonyl (C=O) groups is 3. The Morgan fingerprint density at radius 1 is 0.946 bits per heavy atom. The summed E-state index contributed by atoms with van der Waals surface area (Å²) >= 11 is 1.29. The summed E-state index contributed by atoms with van der Waals surface area (Å²) in [4.78, 5) is 38.4. The lowest BCUT2D eigenvalue weighted by atomic mass is 10.0. The van der Waals surface area contributed by atoms with Crippen molar-refractivity contribution in [2.24, 2.45) is 5.92 Å². The molecule has 2 atom stereocenters. The molecule has 1 aromatic carbocycles. The van der Waals surface area contributed by atoms with Crippen LogP contribution in [0.3, 0.4) is 0 Å². The van der Waals surface area contributed by atoms with E-state index in [9.17, 15) is 36.3 Å². The van der Waals surface area contributed by atoms with Gasteiger partial charge in [0.05, 0.1) is 23.8 Å². The van der Waals surface area contributed by atoms with Crippen LogP contribution in [-0.4, -0.2) is 35.4 Å². The molecule has 0 bridgehead atoms. The first-order valence-corrected chi connectivity index (χ1v) is 12.9. The van der Waals surface area contributed by atoms with Crippen LogP contribution in [0.4, 0.5) is 22.0 Å². The fourth-order valence-electron chi connectivity index (χ4n) is 3.48. The van der Waals surface area contributed by atoms with Crippen molar-refractivity contribution in [1.82, 2.24) is 10.6 Å². The van der Waals surface area contributed by atoms with E-state index in [1.165, 1.54) is 18.0 Å². The van der Waals surface area contributed by atoms with Gasteiger partial charge in [0.25, 0.3) is 5.91 Å². The third-order valence-electron chi connectivity index (χ3n) is 5.39. The van der Waals surface area contributed by atoms with Gasteiger partial charge in [-0.25, -0.2) is 22.0 Å². The molecule has 6 nitrogen and oxygen atoms in total. The number of thioether (sulfide) groups is 1. The van der Waals surface area contributed by atoms with E-state index < -0.39 is 58.5 Å². The lowest BCUT2D eigenvalue weighted by Gasteiger charge is -2.24.